The zero-order valence-corrected chi connectivity index (χ0v) is 8.43. The van der Waals surface area contributed by atoms with E-state index in [1.165, 1.54) is 7.11 Å². The lowest BCUT2D eigenvalue weighted by Crippen LogP contribution is -2.40. The van der Waals surface area contributed by atoms with Gasteiger partial charge in [-0.25, -0.2) is 4.79 Å². The molecule has 1 aliphatic rings. The maximum absolute atomic E-state index is 10.6. The van der Waals surface area contributed by atoms with Crippen LogP contribution in [0.25, 0.3) is 0 Å². The monoisotopic (exact) mass is 196 g/mol. The minimum atomic E-state index is -0.475. The summed E-state index contributed by atoms with van der Waals surface area (Å²) in [7, 11) is 1.33. The molecule has 1 rings (SSSR count). The summed E-state index contributed by atoms with van der Waals surface area (Å²) in [5, 5.41) is 6.56. The highest BCUT2D eigenvalue weighted by atomic mass is 16.5. The Morgan fingerprint density at radius 3 is 2.93 bits per heavy atom. The summed E-state index contributed by atoms with van der Waals surface area (Å²) in [6.07, 6.45) is 2.25. The van der Waals surface area contributed by atoms with E-state index in [0.717, 1.165) is 25.9 Å². The van der Waals surface area contributed by atoms with Gasteiger partial charge in [0.1, 0.15) is 0 Å². The third-order valence-electron chi connectivity index (χ3n) is 2.19. The third-order valence-corrected chi connectivity index (χ3v) is 2.19. The Kier molecular flexibility index (Phi) is 5.05. The molecule has 1 heterocycles. The van der Waals surface area contributed by atoms with Gasteiger partial charge in [0, 0.05) is 12.0 Å². The summed E-state index contributed by atoms with van der Waals surface area (Å²) in [6.45, 7) is 2.67. The molecule has 0 saturated carbocycles. The van der Waals surface area contributed by atoms with Gasteiger partial charge in [-0.05, 0) is 25.9 Å². The number of methoxy groups -OCH3 is 1. The highest BCUT2D eigenvalue weighted by molar-refractivity contribution is 5.88. The van der Waals surface area contributed by atoms with Crippen molar-refractivity contribution < 1.29 is 9.53 Å². The molecule has 4 heteroatoms. The van der Waals surface area contributed by atoms with Crippen LogP contribution in [-0.4, -0.2) is 38.8 Å². The maximum atomic E-state index is 10.6. The van der Waals surface area contributed by atoms with Crippen molar-refractivity contribution in [3.05, 3.63) is 0 Å². The van der Waals surface area contributed by atoms with Crippen LogP contribution in [0.1, 0.15) is 12.8 Å². The summed E-state index contributed by atoms with van der Waals surface area (Å²) in [6, 6.07) is 0.531. The zero-order chi connectivity index (χ0) is 10.2. The molecule has 0 bridgehead atoms. The lowest BCUT2D eigenvalue weighted by molar-refractivity contribution is -0.133. The molecule has 1 saturated heterocycles. The van der Waals surface area contributed by atoms with E-state index < -0.39 is 5.97 Å². The van der Waals surface area contributed by atoms with E-state index in [1.54, 1.807) is 0 Å². The van der Waals surface area contributed by atoms with Gasteiger partial charge in [-0.15, -0.1) is 0 Å². The van der Waals surface area contributed by atoms with Gasteiger partial charge in [-0.2, -0.15) is 0 Å². The molecule has 0 aromatic heterocycles. The second kappa shape index (κ2) is 6.41. The fourth-order valence-corrected chi connectivity index (χ4v) is 1.39. The van der Waals surface area contributed by atoms with Crippen molar-refractivity contribution in [3.8, 4) is 11.8 Å². The van der Waals surface area contributed by atoms with Crippen LogP contribution in [-0.2, 0) is 9.53 Å². The van der Waals surface area contributed by atoms with Gasteiger partial charge in [-0.1, -0.05) is 5.92 Å². The van der Waals surface area contributed by atoms with Crippen molar-refractivity contribution in [1.82, 2.24) is 10.6 Å². The molecule has 0 radical (unpaired) electrons. The topological polar surface area (TPSA) is 50.4 Å². The molecule has 78 valence electrons. The van der Waals surface area contributed by atoms with E-state index in [-0.39, 0.29) is 0 Å². The molecule has 0 aromatic rings. The largest absolute Gasteiger partial charge is 0.459 e. The van der Waals surface area contributed by atoms with Crippen molar-refractivity contribution in [3.63, 3.8) is 0 Å². The zero-order valence-electron chi connectivity index (χ0n) is 8.43. The Balaban J connectivity index is 2.12. The van der Waals surface area contributed by atoms with Crippen molar-refractivity contribution >= 4 is 5.97 Å². The Morgan fingerprint density at radius 2 is 2.29 bits per heavy atom. The average molecular weight is 196 g/mol. The van der Waals surface area contributed by atoms with Crippen LogP contribution in [0.2, 0.25) is 0 Å². The fraction of sp³-hybridized carbons (Fsp3) is 0.700. The summed E-state index contributed by atoms with van der Waals surface area (Å²) >= 11 is 0. The van der Waals surface area contributed by atoms with Gasteiger partial charge < -0.3 is 15.4 Å². The Hall–Kier alpha value is -1.05. The smallest absolute Gasteiger partial charge is 0.384 e. The van der Waals surface area contributed by atoms with Crippen LogP contribution in [0, 0.1) is 11.8 Å². The van der Waals surface area contributed by atoms with E-state index in [2.05, 4.69) is 27.2 Å². The van der Waals surface area contributed by atoms with Gasteiger partial charge in [0.15, 0.2) is 0 Å². The van der Waals surface area contributed by atoms with E-state index in [1.807, 2.05) is 0 Å². The van der Waals surface area contributed by atoms with Crippen LogP contribution in [0.3, 0.4) is 0 Å². The number of carbonyl (C=O) groups excluding carboxylic acids is 1. The highest BCUT2D eigenvalue weighted by Crippen LogP contribution is 2.00. The first-order valence-corrected chi connectivity index (χ1v) is 4.84. The number of ether oxygens (including phenoxy) is 1. The van der Waals surface area contributed by atoms with Gasteiger partial charge in [-0.3, -0.25) is 0 Å². The minimum absolute atomic E-state index is 0.475. The second-order valence-electron chi connectivity index (χ2n) is 3.20. The molecular weight excluding hydrogens is 180 g/mol. The first-order valence-electron chi connectivity index (χ1n) is 4.84. The lowest BCUT2D eigenvalue weighted by atomic mass is 10.1. The summed E-state index contributed by atoms with van der Waals surface area (Å²) in [4.78, 5) is 10.6. The van der Waals surface area contributed by atoms with Crippen LogP contribution in [0.5, 0.6) is 0 Å². The highest BCUT2D eigenvalue weighted by Gasteiger charge is 2.10. The van der Waals surface area contributed by atoms with Gasteiger partial charge in [0.2, 0.25) is 0 Å². The molecule has 0 amide bonds. The Morgan fingerprint density at radius 1 is 1.57 bits per heavy atom. The summed E-state index contributed by atoms with van der Waals surface area (Å²) in [5.41, 5.74) is 0. The molecule has 2 N–H and O–H groups in total. The molecule has 0 spiro atoms. The predicted octanol–water partition coefficient (Wildman–Crippen LogP) is -0.496. The Labute approximate surface area is 84.4 Å². The summed E-state index contributed by atoms with van der Waals surface area (Å²) in [5.74, 6) is 4.64. The van der Waals surface area contributed by atoms with Crippen LogP contribution in [0.15, 0.2) is 0 Å². The van der Waals surface area contributed by atoms with E-state index in [4.69, 9.17) is 0 Å². The molecule has 0 unspecified atom stereocenters. The van der Waals surface area contributed by atoms with Crippen molar-refractivity contribution in [2.24, 2.45) is 0 Å². The number of hydrogen-bond donors (Lipinski definition) is 2. The minimum Gasteiger partial charge on any atom is -0.459 e. The van der Waals surface area contributed by atoms with E-state index >= 15 is 0 Å². The predicted molar refractivity (Wildman–Crippen MR) is 53.7 cm³/mol. The van der Waals surface area contributed by atoms with Crippen LogP contribution < -0.4 is 10.6 Å². The van der Waals surface area contributed by atoms with Gasteiger partial charge in [0.25, 0.3) is 0 Å². The lowest BCUT2D eigenvalue weighted by Gasteiger charge is -2.22. The molecular formula is C10H16N2O2. The SMILES string of the molecule is COC(=O)C#CCNC1CCNCC1. The normalized spacial score (nSPS) is 16.9. The number of piperidine rings is 1. The van der Waals surface area contributed by atoms with E-state index in [0.29, 0.717) is 12.6 Å². The number of esters is 1. The fourth-order valence-electron chi connectivity index (χ4n) is 1.39. The number of nitrogens with one attached hydrogen (secondary N) is 2. The van der Waals surface area contributed by atoms with E-state index in [9.17, 15) is 4.79 Å². The standard InChI is InChI=1S/C10H16N2O2/c1-14-10(13)3-2-6-12-9-4-7-11-8-5-9/h9,11-12H,4-8H2,1H3. The number of rotatable bonds is 2. The maximum Gasteiger partial charge on any atom is 0.384 e. The second-order valence-corrected chi connectivity index (χ2v) is 3.20. The van der Waals surface area contributed by atoms with Crippen molar-refractivity contribution in [2.75, 3.05) is 26.7 Å². The number of carbonyl (C=O) groups is 1. The Bertz CT molecular complexity index is 236. The molecule has 1 fully saturated rings. The van der Waals surface area contributed by atoms with Crippen LogP contribution >= 0.6 is 0 Å². The van der Waals surface area contributed by atoms with Gasteiger partial charge >= 0.3 is 5.97 Å². The van der Waals surface area contributed by atoms with Crippen molar-refractivity contribution in [2.45, 2.75) is 18.9 Å². The quantitative estimate of drug-likeness (QED) is 0.355. The third kappa shape index (κ3) is 4.26. The van der Waals surface area contributed by atoms with Crippen LogP contribution in [0.4, 0.5) is 0 Å². The molecule has 4 nitrogen and oxygen atoms in total. The molecule has 0 aliphatic carbocycles. The molecule has 14 heavy (non-hydrogen) atoms. The first kappa shape index (κ1) is 11.0. The average Bonchev–Trinajstić information content (AvgIpc) is 2.25. The van der Waals surface area contributed by atoms with Gasteiger partial charge in [0.05, 0.1) is 13.7 Å². The molecule has 0 aromatic carbocycles. The molecule has 0 atom stereocenters. The van der Waals surface area contributed by atoms with Crippen molar-refractivity contribution in [1.29, 1.82) is 0 Å². The summed E-state index contributed by atoms with van der Waals surface area (Å²) < 4.78 is 4.39. The first-order chi connectivity index (χ1) is 6.83. The number of hydrogen-bond acceptors (Lipinski definition) is 4. The molecule has 1 aliphatic heterocycles.